The second-order valence-corrected chi connectivity index (χ2v) is 6.70. The summed E-state index contributed by atoms with van der Waals surface area (Å²) in [6, 6.07) is 14.4. The molecule has 128 valence electrons. The minimum atomic E-state index is 0.743. The van der Waals surface area contributed by atoms with E-state index in [0.29, 0.717) is 0 Å². The Kier molecular flexibility index (Phi) is 3.38. The molecule has 5 nitrogen and oxygen atoms in total. The zero-order valence-corrected chi connectivity index (χ0v) is 14.3. The quantitative estimate of drug-likeness (QED) is 0.548. The van der Waals surface area contributed by atoms with Crippen LogP contribution in [-0.2, 0) is 12.8 Å². The molecule has 0 atom stereocenters. The van der Waals surface area contributed by atoms with Gasteiger partial charge in [-0.2, -0.15) is 0 Å². The normalized spacial score (nSPS) is 13.1. The molecule has 0 saturated carbocycles. The van der Waals surface area contributed by atoms with Crippen molar-refractivity contribution in [3.8, 4) is 11.3 Å². The fourth-order valence-corrected chi connectivity index (χ4v) is 3.65. The largest absolute Gasteiger partial charge is 0.399 e. The lowest BCUT2D eigenvalue weighted by atomic mass is 10.1. The first-order valence-corrected chi connectivity index (χ1v) is 8.85. The summed E-state index contributed by atoms with van der Waals surface area (Å²) in [5, 5.41) is 3.58. The number of anilines is 3. The summed E-state index contributed by atoms with van der Waals surface area (Å²) in [7, 11) is 0. The van der Waals surface area contributed by atoms with Crippen molar-refractivity contribution < 1.29 is 0 Å². The lowest BCUT2D eigenvalue weighted by Crippen LogP contribution is -1.98. The highest BCUT2D eigenvalue weighted by Crippen LogP contribution is 2.33. The zero-order valence-electron chi connectivity index (χ0n) is 14.3. The molecule has 0 amide bonds. The van der Waals surface area contributed by atoms with Gasteiger partial charge in [-0.05, 0) is 54.7 Å². The van der Waals surface area contributed by atoms with Gasteiger partial charge in [-0.1, -0.05) is 18.2 Å². The first-order chi connectivity index (χ1) is 12.8. The maximum Gasteiger partial charge on any atom is 0.157 e. The number of nitrogens with one attached hydrogen (secondary N) is 1. The van der Waals surface area contributed by atoms with Gasteiger partial charge in [0, 0.05) is 29.3 Å². The summed E-state index contributed by atoms with van der Waals surface area (Å²) in [6.07, 6.45) is 9.07. The van der Waals surface area contributed by atoms with Crippen LogP contribution in [0.15, 0.2) is 61.1 Å². The molecule has 2 aromatic carbocycles. The zero-order chi connectivity index (χ0) is 17.5. The number of hydrogen-bond donors (Lipinski definition) is 2. The third kappa shape index (κ3) is 2.49. The Morgan fingerprint density at radius 1 is 1.00 bits per heavy atom. The highest BCUT2D eigenvalue weighted by Gasteiger charge is 2.16. The average Bonchev–Trinajstić information content (AvgIpc) is 3.27. The Labute approximate surface area is 151 Å². The van der Waals surface area contributed by atoms with Crippen LogP contribution in [0.1, 0.15) is 17.5 Å². The highest BCUT2D eigenvalue weighted by molar-refractivity contribution is 5.80. The van der Waals surface area contributed by atoms with E-state index in [1.54, 1.807) is 12.4 Å². The Balaban J connectivity index is 1.63. The molecule has 26 heavy (non-hydrogen) atoms. The number of imidazole rings is 1. The lowest BCUT2D eigenvalue weighted by Gasteiger charge is -2.10. The van der Waals surface area contributed by atoms with Crippen LogP contribution in [-0.4, -0.2) is 14.4 Å². The Morgan fingerprint density at radius 3 is 2.73 bits per heavy atom. The van der Waals surface area contributed by atoms with Gasteiger partial charge < -0.3 is 11.1 Å². The maximum atomic E-state index is 5.84. The lowest BCUT2D eigenvalue weighted by molar-refractivity contribution is 0.912. The molecule has 0 fully saturated rings. The van der Waals surface area contributed by atoms with Crippen molar-refractivity contribution >= 4 is 22.8 Å². The van der Waals surface area contributed by atoms with Gasteiger partial charge in [0.25, 0.3) is 0 Å². The topological polar surface area (TPSA) is 68.2 Å². The van der Waals surface area contributed by atoms with Gasteiger partial charge in [-0.3, -0.25) is 9.38 Å². The van der Waals surface area contributed by atoms with Crippen LogP contribution < -0.4 is 11.1 Å². The second kappa shape index (κ2) is 5.88. The van der Waals surface area contributed by atoms with Crippen molar-refractivity contribution in [1.29, 1.82) is 0 Å². The fourth-order valence-electron chi connectivity index (χ4n) is 3.65. The van der Waals surface area contributed by atoms with E-state index in [4.69, 9.17) is 10.7 Å². The van der Waals surface area contributed by atoms with E-state index < -0.39 is 0 Å². The number of benzene rings is 2. The van der Waals surface area contributed by atoms with Crippen LogP contribution >= 0.6 is 0 Å². The number of nitrogens with two attached hydrogens (primary N) is 1. The van der Waals surface area contributed by atoms with Gasteiger partial charge in [-0.25, -0.2) is 4.98 Å². The van der Waals surface area contributed by atoms with Crippen LogP contribution in [0.3, 0.4) is 0 Å². The standard InChI is InChI=1S/C21H19N5/c22-17-7-4-15(5-8-17)20-21(26-11-10-23-13-19(26)25-20)24-18-9-6-14-2-1-3-16(14)12-18/h4-13,24H,1-3,22H2. The van der Waals surface area contributed by atoms with E-state index in [-0.39, 0.29) is 0 Å². The van der Waals surface area contributed by atoms with Gasteiger partial charge in [0.15, 0.2) is 5.65 Å². The Hall–Kier alpha value is -3.34. The summed E-state index contributed by atoms with van der Waals surface area (Å²) in [4.78, 5) is 8.98. The number of aromatic nitrogens is 3. The van der Waals surface area contributed by atoms with E-state index >= 15 is 0 Å². The predicted octanol–water partition coefficient (Wildman–Crippen LogP) is 4.21. The van der Waals surface area contributed by atoms with E-state index in [0.717, 1.165) is 40.5 Å². The number of nitrogen functional groups attached to an aromatic ring is 1. The van der Waals surface area contributed by atoms with Gasteiger partial charge in [0.1, 0.15) is 11.5 Å². The van der Waals surface area contributed by atoms with Crippen molar-refractivity contribution in [2.24, 2.45) is 0 Å². The molecule has 0 aliphatic heterocycles. The Morgan fingerprint density at radius 2 is 1.85 bits per heavy atom. The van der Waals surface area contributed by atoms with Gasteiger partial charge in [0.2, 0.25) is 0 Å². The fraction of sp³-hybridized carbons (Fsp3) is 0.143. The van der Waals surface area contributed by atoms with Crippen LogP contribution in [0.4, 0.5) is 17.2 Å². The van der Waals surface area contributed by atoms with Crippen molar-refractivity contribution in [3.05, 3.63) is 72.2 Å². The summed E-state index contributed by atoms with van der Waals surface area (Å²) in [5.74, 6) is 0.935. The highest BCUT2D eigenvalue weighted by atomic mass is 15.1. The molecule has 0 radical (unpaired) electrons. The van der Waals surface area contributed by atoms with Gasteiger partial charge in [-0.15, -0.1) is 0 Å². The third-order valence-electron chi connectivity index (χ3n) is 4.98. The van der Waals surface area contributed by atoms with Crippen molar-refractivity contribution in [1.82, 2.24) is 14.4 Å². The summed E-state index contributed by atoms with van der Waals surface area (Å²) >= 11 is 0. The van der Waals surface area contributed by atoms with E-state index in [9.17, 15) is 0 Å². The monoisotopic (exact) mass is 341 g/mol. The summed E-state index contributed by atoms with van der Waals surface area (Å²) in [6.45, 7) is 0. The van der Waals surface area contributed by atoms with Gasteiger partial charge >= 0.3 is 0 Å². The molecule has 1 aliphatic carbocycles. The SMILES string of the molecule is Nc1ccc(-c2nc3cnccn3c2Nc2ccc3c(c2)CCC3)cc1. The van der Waals surface area contributed by atoms with Crippen LogP contribution in [0.2, 0.25) is 0 Å². The first-order valence-electron chi connectivity index (χ1n) is 8.85. The van der Waals surface area contributed by atoms with Crippen LogP contribution in [0.5, 0.6) is 0 Å². The van der Waals surface area contributed by atoms with Crippen molar-refractivity contribution in [2.75, 3.05) is 11.1 Å². The molecule has 0 saturated heterocycles. The molecule has 2 aromatic heterocycles. The molecular weight excluding hydrogens is 322 g/mol. The van der Waals surface area contributed by atoms with Gasteiger partial charge in [0.05, 0.1) is 6.20 Å². The van der Waals surface area contributed by atoms with Crippen LogP contribution in [0.25, 0.3) is 16.9 Å². The number of fused-ring (bicyclic) bond motifs is 2. The summed E-state index contributed by atoms with van der Waals surface area (Å²) in [5.41, 5.74) is 13.3. The summed E-state index contributed by atoms with van der Waals surface area (Å²) < 4.78 is 2.03. The number of aryl methyl sites for hydroxylation is 2. The molecule has 3 N–H and O–H groups in total. The van der Waals surface area contributed by atoms with E-state index in [1.807, 2.05) is 34.9 Å². The minimum absolute atomic E-state index is 0.743. The molecule has 0 spiro atoms. The minimum Gasteiger partial charge on any atom is -0.399 e. The molecule has 4 aromatic rings. The number of rotatable bonds is 3. The molecule has 1 aliphatic rings. The van der Waals surface area contributed by atoms with Crippen LogP contribution in [0, 0.1) is 0 Å². The number of hydrogen-bond acceptors (Lipinski definition) is 4. The molecule has 2 heterocycles. The van der Waals surface area contributed by atoms with Crippen molar-refractivity contribution in [3.63, 3.8) is 0 Å². The molecule has 0 bridgehead atoms. The first kappa shape index (κ1) is 15.0. The molecule has 5 rings (SSSR count). The third-order valence-corrected chi connectivity index (χ3v) is 4.98. The number of nitrogens with zero attached hydrogens (tertiary/aromatic N) is 3. The molecule has 5 heteroatoms. The van der Waals surface area contributed by atoms with Crippen molar-refractivity contribution in [2.45, 2.75) is 19.3 Å². The van der Waals surface area contributed by atoms with E-state index in [2.05, 4.69) is 28.5 Å². The van der Waals surface area contributed by atoms with E-state index in [1.165, 1.54) is 24.0 Å². The maximum absolute atomic E-state index is 5.84. The Bertz CT molecular complexity index is 1100. The second-order valence-electron chi connectivity index (χ2n) is 6.70. The average molecular weight is 341 g/mol. The molecular formula is C21H19N5. The molecule has 0 unspecified atom stereocenters. The smallest absolute Gasteiger partial charge is 0.157 e. The predicted molar refractivity (Wildman–Crippen MR) is 105 cm³/mol.